The summed E-state index contributed by atoms with van der Waals surface area (Å²) in [6.07, 6.45) is 3.39. The normalized spacial score (nSPS) is 21.4. The lowest BCUT2D eigenvalue weighted by Crippen LogP contribution is -2.46. The van der Waals surface area contributed by atoms with Gasteiger partial charge in [-0.05, 0) is 37.1 Å². The summed E-state index contributed by atoms with van der Waals surface area (Å²) in [5.74, 6) is -0.0101. The Morgan fingerprint density at radius 1 is 1.11 bits per heavy atom. The second kappa shape index (κ2) is 7.09. The van der Waals surface area contributed by atoms with Crippen LogP contribution >= 0.6 is 0 Å². The highest BCUT2D eigenvalue weighted by atomic mass is 16.5. The van der Waals surface area contributed by atoms with Gasteiger partial charge in [-0.15, -0.1) is 5.10 Å². The molecule has 28 heavy (non-hydrogen) atoms. The molecular weight excluding hydrogens is 354 g/mol. The maximum atomic E-state index is 13.2. The number of carbonyl (C=O) groups excluding carboxylic acids is 1. The van der Waals surface area contributed by atoms with Crippen molar-refractivity contribution in [3.63, 3.8) is 0 Å². The summed E-state index contributed by atoms with van der Waals surface area (Å²) in [6.45, 7) is 1.29. The van der Waals surface area contributed by atoms with Crippen molar-refractivity contribution < 1.29 is 9.53 Å². The minimum atomic E-state index is -0.385. The van der Waals surface area contributed by atoms with Gasteiger partial charge < -0.3 is 15.0 Å². The van der Waals surface area contributed by atoms with Crippen LogP contribution in [0.5, 0.6) is 0 Å². The van der Waals surface area contributed by atoms with Gasteiger partial charge in [0.05, 0.1) is 23.6 Å². The minimum absolute atomic E-state index is 0.0101. The zero-order chi connectivity index (χ0) is 18.9. The number of carbonyl (C=O) groups is 1. The molecule has 1 fully saturated rings. The SMILES string of the molecule is O=C1c2ccccc2N[C@H](c2cnn(-c3ccccc3)n2)N1C[C@H]1CCCO1. The molecule has 5 rings (SSSR count). The van der Waals surface area contributed by atoms with Gasteiger partial charge in [0.2, 0.25) is 0 Å². The number of hydrogen-bond acceptors (Lipinski definition) is 5. The second-order valence-electron chi connectivity index (χ2n) is 7.08. The molecule has 0 saturated carbocycles. The largest absolute Gasteiger partial charge is 0.376 e. The molecule has 1 N–H and O–H groups in total. The van der Waals surface area contributed by atoms with Gasteiger partial charge in [0.1, 0.15) is 11.9 Å². The van der Waals surface area contributed by atoms with Gasteiger partial charge in [0.15, 0.2) is 0 Å². The second-order valence-corrected chi connectivity index (χ2v) is 7.08. The Bertz CT molecular complexity index is 981. The summed E-state index contributed by atoms with van der Waals surface area (Å²) >= 11 is 0. The van der Waals surface area contributed by atoms with Crippen LogP contribution in [0.4, 0.5) is 5.69 Å². The third kappa shape index (κ3) is 3.03. The molecule has 142 valence electrons. The molecule has 7 heteroatoms. The Morgan fingerprint density at radius 3 is 2.75 bits per heavy atom. The van der Waals surface area contributed by atoms with E-state index in [0.717, 1.165) is 30.8 Å². The summed E-state index contributed by atoms with van der Waals surface area (Å²) in [5.41, 5.74) is 3.06. The van der Waals surface area contributed by atoms with Crippen molar-refractivity contribution in [1.29, 1.82) is 0 Å². The molecule has 1 aromatic heterocycles. The highest BCUT2D eigenvalue weighted by Crippen LogP contribution is 2.33. The van der Waals surface area contributed by atoms with E-state index in [1.165, 1.54) is 0 Å². The van der Waals surface area contributed by atoms with Crippen LogP contribution in [-0.2, 0) is 4.74 Å². The van der Waals surface area contributed by atoms with Crippen molar-refractivity contribution in [2.75, 3.05) is 18.5 Å². The first-order valence-corrected chi connectivity index (χ1v) is 9.55. The lowest BCUT2D eigenvalue weighted by Gasteiger charge is -2.37. The molecule has 2 aliphatic rings. The summed E-state index contributed by atoms with van der Waals surface area (Å²) in [4.78, 5) is 16.6. The van der Waals surface area contributed by atoms with Crippen molar-refractivity contribution in [3.8, 4) is 5.69 Å². The summed E-state index contributed by atoms with van der Waals surface area (Å²) in [7, 11) is 0. The molecule has 1 amide bonds. The maximum Gasteiger partial charge on any atom is 0.257 e. The Labute approximate surface area is 162 Å². The minimum Gasteiger partial charge on any atom is -0.376 e. The Morgan fingerprint density at radius 2 is 1.93 bits per heavy atom. The lowest BCUT2D eigenvalue weighted by atomic mass is 10.1. The molecule has 3 aromatic rings. The fraction of sp³-hybridized carbons (Fsp3) is 0.286. The van der Waals surface area contributed by atoms with E-state index in [-0.39, 0.29) is 18.2 Å². The van der Waals surface area contributed by atoms with E-state index in [0.29, 0.717) is 17.8 Å². The zero-order valence-electron chi connectivity index (χ0n) is 15.4. The van der Waals surface area contributed by atoms with Gasteiger partial charge in [-0.1, -0.05) is 30.3 Å². The monoisotopic (exact) mass is 375 g/mol. The number of fused-ring (bicyclic) bond motifs is 1. The third-order valence-corrected chi connectivity index (χ3v) is 5.22. The predicted octanol–water partition coefficient (Wildman–Crippen LogP) is 3.01. The fourth-order valence-electron chi connectivity index (χ4n) is 3.81. The van der Waals surface area contributed by atoms with Crippen LogP contribution in [-0.4, -0.2) is 45.1 Å². The number of para-hydroxylation sites is 2. The third-order valence-electron chi connectivity index (χ3n) is 5.22. The number of nitrogens with one attached hydrogen (secondary N) is 1. The Hall–Kier alpha value is -3.19. The molecule has 0 spiro atoms. The first-order chi connectivity index (χ1) is 13.8. The summed E-state index contributed by atoms with van der Waals surface area (Å²) in [6, 6.07) is 17.3. The first kappa shape index (κ1) is 16.9. The van der Waals surface area contributed by atoms with E-state index in [2.05, 4.69) is 15.5 Å². The smallest absolute Gasteiger partial charge is 0.257 e. The zero-order valence-corrected chi connectivity index (χ0v) is 15.4. The number of aromatic nitrogens is 3. The van der Waals surface area contributed by atoms with E-state index >= 15 is 0 Å². The van der Waals surface area contributed by atoms with Gasteiger partial charge >= 0.3 is 0 Å². The van der Waals surface area contributed by atoms with Gasteiger partial charge in [-0.25, -0.2) is 0 Å². The van der Waals surface area contributed by atoms with Crippen molar-refractivity contribution in [2.24, 2.45) is 0 Å². The molecule has 2 atom stereocenters. The highest BCUT2D eigenvalue weighted by Gasteiger charge is 2.36. The van der Waals surface area contributed by atoms with Gasteiger partial charge in [0.25, 0.3) is 5.91 Å². The standard InChI is InChI=1S/C21H21N5O2/c27-21-17-10-4-5-11-18(17)23-20(25(21)14-16-9-6-12-28-16)19-13-22-26(24-19)15-7-2-1-3-8-15/h1-5,7-8,10-11,13,16,20,23H,6,9,12,14H2/t16-,20+/m1/s1. The summed E-state index contributed by atoms with van der Waals surface area (Å²) in [5, 5.41) is 12.5. The van der Waals surface area contributed by atoms with Gasteiger partial charge in [0, 0.05) is 18.8 Å². The van der Waals surface area contributed by atoms with Crippen LogP contribution in [0.1, 0.15) is 35.1 Å². The number of benzene rings is 2. The van der Waals surface area contributed by atoms with Crippen molar-refractivity contribution in [3.05, 3.63) is 72.1 Å². The van der Waals surface area contributed by atoms with Crippen LogP contribution in [0.15, 0.2) is 60.8 Å². The van der Waals surface area contributed by atoms with Crippen LogP contribution in [0.25, 0.3) is 5.69 Å². The predicted molar refractivity (Wildman–Crippen MR) is 104 cm³/mol. The van der Waals surface area contributed by atoms with E-state index < -0.39 is 0 Å². The lowest BCUT2D eigenvalue weighted by molar-refractivity contribution is 0.0422. The average Bonchev–Trinajstić information content (AvgIpc) is 3.43. The number of rotatable bonds is 4. The molecule has 3 heterocycles. The first-order valence-electron chi connectivity index (χ1n) is 9.55. The topological polar surface area (TPSA) is 72.3 Å². The van der Waals surface area contributed by atoms with Crippen molar-refractivity contribution >= 4 is 11.6 Å². The molecule has 0 aliphatic carbocycles. The molecule has 0 radical (unpaired) electrons. The van der Waals surface area contributed by atoms with Crippen LogP contribution in [0, 0.1) is 0 Å². The average molecular weight is 375 g/mol. The molecule has 0 unspecified atom stereocenters. The molecule has 0 bridgehead atoms. The molecular formula is C21H21N5O2. The van der Waals surface area contributed by atoms with Crippen LogP contribution in [0.3, 0.4) is 0 Å². The van der Waals surface area contributed by atoms with Crippen molar-refractivity contribution in [2.45, 2.75) is 25.1 Å². The molecule has 7 nitrogen and oxygen atoms in total. The van der Waals surface area contributed by atoms with E-state index in [1.54, 1.807) is 11.0 Å². The molecule has 1 saturated heterocycles. The van der Waals surface area contributed by atoms with Gasteiger partial charge in [-0.3, -0.25) is 4.79 Å². The van der Waals surface area contributed by atoms with Crippen molar-refractivity contribution in [1.82, 2.24) is 19.9 Å². The van der Waals surface area contributed by atoms with Gasteiger partial charge in [-0.2, -0.15) is 9.90 Å². The number of ether oxygens (including phenoxy) is 1. The van der Waals surface area contributed by atoms with E-state index in [1.807, 2.05) is 59.5 Å². The maximum absolute atomic E-state index is 13.2. The quantitative estimate of drug-likeness (QED) is 0.759. The van der Waals surface area contributed by atoms with E-state index in [4.69, 9.17) is 4.74 Å². The summed E-state index contributed by atoms with van der Waals surface area (Å²) < 4.78 is 5.79. The molecule has 2 aromatic carbocycles. The molecule has 2 aliphatic heterocycles. The van der Waals surface area contributed by atoms with Crippen LogP contribution in [0.2, 0.25) is 0 Å². The fourth-order valence-corrected chi connectivity index (χ4v) is 3.81. The highest BCUT2D eigenvalue weighted by molar-refractivity contribution is 6.01. The number of nitrogens with zero attached hydrogens (tertiary/aromatic N) is 4. The Kier molecular flexibility index (Phi) is 4.29. The Balaban J connectivity index is 1.50. The van der Waals surface area contributed by atoms with E-state index in [9.17, 15) is 4.79 Å². The number of anilines is 1. The number of hydrogen-bond donors (Lipinski definition) is 1. The number of amides is 1. The van der Waals surface area contributed by atoms with Crippen LogP contribution < -0.4 is 5.32 Å².